The van der Waals surface area contributed by atoms with Gasteiger partial charge in [0.15, 0.2) is 0 Å². The Balaban J connectivity index is 1.50. The zero-order valence-corrected chi connectivity index (χ0v) is 23.4. The van der Waals surface area contributed by atoms with Crippen molar-refractivity contribution in [3.63, 3.8) is 0 Å². The van der Waals surface area contributed by atoms with Gasteiger partial charge in [0.1, 0.15) is 5.75 Å². The Hall–Kier alpha value is -4.84. The van der Waals surface area contributed by atoms with Gasteiger partial charge in [-0.25, -0.2) is 9.48 Å². The zero-order valence-electron chi connectivity index (χ0n) is 22.7. The van der Waals surface area contributed by atoms with Crippen LogP contribution < -0.4 is 20.8 Å². The van der Waals surface area contributed by atoms with Gasteiger partial charge in [0.25, 0.3) is 5.91 Å². The van der Waals surface area contributed by atoms with E-state index in [0.717, 1.165) is 22.7 Å². The first-order valence-electron chi connectivity index (χ1n) is 12.6. The maximum absolute atomic E-state index is 12.7. The molecule has 42 heavy (non-hydrogen) atoms. The number of ether oxygens (including phenoxy) is 1. The Kier molecular flexibility index (Phi) is 8.86. The normalized spacial score (nSPS) is 11.6. The molecule has 0 bridgehead atoms. The first-order valence-corrected chi connectivity index (χ1v) is 13.0. The second-order valence-corrected chi connectivity index (χ2v) is 9.83. The van der Waals surface area contributed by atoms with Crippen LogP contribution in [0.3, 0.4) is 0 Å². The summed E-state index contributed by atoms with van der Waals surface area (Å²) in [6.45, 7) is 5.68. The van der Waals surface area contributed by atoms with Gasteiger partial charge in [0.2, 0.25) is 0 Å². The van der Waals surface area contributed by atoms with Crippen molar-refractivity contribution in [1.29, 1.82) is 0 Å². The lowest BCUT2D eigenvalue weighted by Crippen LogP contribution is -2.32. The van der Waals surface area contributed by atoms with E-state index in [4.69, 9.17) is 17.3 Å². The van der Waals surface area contributed by atoms with E-state index < -0.39 is 24.1 Å². The van der Waals surface area contributed by atoms with Crippen LogP contribution in [-0.2, 0) is 0 Å². The van der Waals surface area contributed by atoms with Crippen molar-refractivity contribution in [1.82, 2.24) is 9.78 Å². The van der Waals surface area contributed by atoms with Crippen LogP contribution in [0.5, 0.6) is 5.75 Å². The lowest BCUT2D eigenvalue weighted by molar-refractivity contribution is -0.274. The summed E-state index contributed by atoms with van der Waals surface area (Å²) >= 11 is 6.54. The predicted octanol–water partition coefficient (Wildman–Crippen LogP) is 7.03. The molecule has 0 fully saturated rings. The van der Waals surface area contributed by atoms with Crippen LogP contribution in [0.1, 0.15) is 46.9 Å². The third kappa shape index (κ3) is 7.26. The Morgan fingerprint density at radius 2 is 1.81 bits per heavy atom. The number of nitrogens with one attached hydrogen (secondary N) is 1. The monoisotopic (exact) mass is 598 g/mol. The van der Waals surface area contributed by atoms with Crippen molar-refractivity contribution in [3.8, 4) is 11.4 Å². The number of amides is 3. The molecule has 218 valence electrons. The number of urea groups is 1. The molecule has 4 rings (SSSR count). The number of halogens is 4. The van der Waals surface area contributed by atoms with Crippen molar-refractivity contribution < 1.29 is 27.5 Å². The van der Waals surface area contributed by atoms with Crippen LogP contribution in [0.25, 0.3) is 5.69 Å². The largest absolute Gasteiger partial charge is 0.573 e. The smallest absolute Gasteiger partial charge is 0.406 e. The molecular weight excluding hydrogens is 573 g/mol. The summed E-state index contributed by atoms with van der Waals surface area (Å²) in [6.07, 6.45) is -1.81. The number of hydrogen-bond acceptors (Lipinski definition) is 5. The molecule has 0 aliphatic rings. The van der Waals surface area contributed by atoms with E-state index in [1.54, 1.807) is 43.5 Å². The molecule has 9 nitrogen and oxygen atoms in total. The summed E-state index contributed by atoms with van der Waals surface area (Å²) in [6, 6.07) is 16.2. The van der Waals surface area contributed by atoms with E-state index >= 15 is 0 Å². The van der Waals surface area contributed by atoms with Crippen LogP contribution in [0.4, 0.5) is 29.3 Å². The quantitative estimate of drug-likeness (QED) is 0.167. The maximum atomic E-state index is 12.7. The number of nitrogens with two attached hydrogens (primary N) is 1. The minimum absolute atomic E-state index is 0.124. The molecule has 3 aromatic carbocycles. The van der Waals surface area contributed by atoms with Crippen LogP contribution in [0.15, 0.2) is 78.0 Å². The Morgan fingerprint density at radius 1 is 1.12 bits per heavy atom. The van der Waals surface area contributed by atoms with Gasteiger partial charge >= 0.3 is 12.4 Å². The topological polar surface area (TPSA) is 115 Å². The number of carbonyl (C=O) groups is 2. The Morgan fingerprint density at radius 3 is 2.43 bits per heavy atom. The summed E-state index contributed by atoms with van der Waals surface area (Å²) < 4.78 is 42.4. The van der Waals surface area contributed by atoms with E-state index in [-0.39, 0.29) is 11.5 Å². The third-order valence-electron chi connectivity index (χ3n) is 6.03. The molecule has 0 saturated heterocycles. The van der Waals surface area contributed by atoms with Gasteiger partial charge in [-0.15, -0.1) is 13.2 Å². The summed E-state index contributed by atoms with van der Waals surface area (Å²) in [5.74, 6) is -0.849. The molecule has 0 aliphatic carbocycles. The Bertz CT molecular complexity index is 1630. The second-order valence-electron chi connectivity index (χ2n) is 9.42. The van der Waals surface area contributed by atoms with E-state index in [0.29, 0.717) is 33.3 Å². The summed E-state index contributed by atoms with van der Waals surface area (Å²) in [5.41, 5.74) is 9.16. The van der Waals surface area contributed by atoms with Gasteiger partial charge in [-0.2, -0.15) is 15.2 Å². The molecule has 0 spiro atoms. The SMILES string of the molecule is Cc1nn(-c2ccc(/C=N/N(C(N)=O)c3ccccc3C(C)C)cc2Cl)cc1NC(=O)c1ccc(OC(F)(F)F)cc1. The van der Waals surface area contributed by atoms with Crippen molar-refractivity contribution >= 4 is 41.1 Å². The highest BCUT2D eigenvalue weighted by atomic mass is 35.5. The number of para-hydroxylation sites is 1. The lowest BCUT2D eigenvalue weighted by atomic mass is 10.0. The number of aryl methyl sites for hydroxylation is 1. The van der Waals surface area contributed by atoms with Crippen molar-refractivity contribution in [2.45, 2.75) is 33.1 Å². The molecular formula is C29H26ClF3N6O3. The highest BCUT2D eigenvalue weighted by molar-refractivity contribution is 6.32. The van der Waals surface area contributed by atoms with Crippen molar-refractivity contribution in [2.75, 3.05) is 10.3 Å². The van der Waals surface area contributed by atoms with Gasteiger partial charge in [-0.3, -0.25) is 4.79 Å². The zero-order chi connectivity index (χ0) is 30.6. The number of alkyl halides is 3. The standard InChI is InChI=1S/C29H26ClF3N6O3/c1-17(2)22-6-4-5-7-25(22)39(28(34)41)35-15-19-8-13-26(23(30)14-19)38-16-24(18(3)37-38)36-27(40)20-9-11-21(12-10-20)42-29(31,32)33/h4-17H,1-3H3,(H2,34,41)(H,36,40)/b35-15+. The van der Waals surface area contributed by atoms with E-state index in [2.05, 4.69) is 20.3 Å². The Labute approximate surface area is 244 Å². The highest BCUT2D eigenvalue weighted by Crippen LogP contribution is 2.29. The van der Waals surface area contributed by atoms with E-state index in [1.807, 2.05) is 26.0 Å². The van der Waals surface area contributed by atoms with E-state index in [1.165, 1.54) is 23.0 Å². The molecule has 0 atom stereocenters. The first kappa shape index (κ1) is 30.1. The molecule has 0 saturated carbocycles. The minimum atomic E-state index is -4.83. The average Bonchev–Trinajstić information content (AvgIpc) is 3.27. The number of benzene rings is 3. The van der Waals surface area contributed by atoms with Gasteiger partial charge in [0.05, 0.1) is 40.2 Å². The molecule has 0 unspecified atom stereocenters. The number of nitrogens with zero attached hydrogens (tertiary/aromatic N) is 4. The molecule has 3 amide bonds. The van der Waals surface area contributed by atoms with Crippen LogP contribution >= 0.6 is 11.6 Å². The molecule has 13 heteroatoms. The van der Waals surface area contributed by atoms with Crippen LogP contribution in [0.2, 0.25) is 5.02 Å². The van der Waals surface area contributed by atoms with Crippen molar-refractivity contribution in [2.24, 2.45) is 10.8 Å². The summed E-state index contributed by atoms with van der Waals surface area (Å²) in [5, 5.41) is 12.8. The molecule has 1 aromatic heterocycles. The maximum Gasteiger partial charge on any atom is 0.573 e. The summed E-state index contributed by atoms with van der Waals surface area (Å²) in [7, 11) is 0. The fourth-order valence-electron chi connectivity index (χ4n) is 4.03. The highest BCUT2D eigenvalue weighted by Gasteiger charge is 2.31. The minimum Gasteiger partial charge on any atom is -0.406 e. The molecule has 0 aliphatic heterocycles. The lowest BCUT2D eigenvalue weighted by Gasteiger charge is -2.20. The average molecular weight is 599 g/mol. The van der Waals surface area contributed by atoms with Crippen LogP contribution in [0, 0.1) is 6.92 Å². The molecule has 3 N–H and O–H groups in total. The van der Waals surface area contributed by atoms with Crippen LogP contribution in [-0.4, -0.2) is 34.3 Å². The fraction of sp³-hybridized carbons (Fsp3) is 0.172. The van der Waals surface area contributed by atoms with Gasteiger partial charge in [0, 0.05) is 5.56 Å². The van der Waals surface area contributed by atoms with Gasteiger partial charge in [-0.1, -0.05) is 49.7 Å². The van der Waals surface area contributed by atoms with Gasteiger partial charge in [-0.05, 0) is 66.4 Å². The molecule has 4 aromatic rings. The van der Waals surface area contributed by atoms with E-state index in [9.17, 15) is 22.8 Å². The number of hydrazone groups is 1. The predicted molar refractivity (Wildman–Crippen MR) is 155 cm³/mol. The number of rotatable bonds is 8. The van der Waals surface area contributed by atoms with Crippen molar-refractivity contribution in [3.05, 3.63) is 100 Å². The number of hydrogen-bond donors (Lipinski definition) is 2. The fourth-order valence-corrected chi connectivity index (χ4v) is 4.30. The first-order chi connectivity index (χ1) is 19.8. The van der Waals surface area contributed by atoms with Gasteiger partial charge < -0.3 is 15.8 Å². The number of anilines is 2. The second kappa shape index (κ2) is 12.4. The number of carbonyl (C=O) groups excluding carboxylic acids is 2. The molecule has 0 radical (unpaired) electrons. The third-order valence-corrected chi connectivity index (χ3v) is 6.34. The number of primary amides is 1. The molecule has 1 heterocycles. The number of aromatic nitrogens is 2. The summed E-state index contributed by atoms with van der Waals surface area (Å²) in [4.78, 5) is 24.9.